The minimum atomic E-state index is 0.0691. The molecule has 4 heteroatoms. The molecule has 2 amide bonds. The highest BCUT2D eigenvalue weighted by atomic mass is 16.5. The van der Waals surface area contributed by atoms with E-state index >= 15 is 0 Å². The van der Waals surface area contributed by atoms with Crippen molar-refractivity contribution in [2.24, 2.45) is 0 Å². The first-order valence-corrected chi connectivity index (χ1v) is 7.17. The van der Waals surface area contributed by atoms with Crippen molar-refractivity contribution in [3.8, 4) is 5.75 Å². The summed E-state index contributed by atoms with van der Waals surface area (Å²) in [5.41, 5.74) is 2.04. The van der Waals surface area contributed by atoms with E-state index in [0.717, 1.165) is 17.0 Å². The molecule has 0 aliphatic carbocycles. The third kappa shape index (κ3) is 2.03. The van der Waals surface area contributed by atoms with E-state index in [0.29, 0.717) is 19.7 Å². The molecule has 4 nitrogen and oxygen atoms in total. The van der Waals surface area contributed by atoms with Gasteiger partial charge in [0.05, 0.1) is 11.7 Å². The van der Waals surface area contributed by atoms with E-state index in [2.05, 4.69) is 12.1 Å². The number of fused-ring (bicyclic) bond motifs is 3. The van der Waals surface area contributed by atoms with Gasteiger partial charge in [-0.25, -0.2) is 4.79 Å². The molecule has 1 atom stereocenters. The Kier molecular flexibility index (Phi) is 2.81. The molecule has 1 saturated heterocycles. The van der Waals surface area contributed by atoms with Crippen molar-refractivity contribution < 1.29 is 9.53 Å². The number of carbonyl (C=O) groups is 1. The molecule has 0 saturated carbocycles. The maximum absolute atomic E-state index is 12.7. The lowest BCUT2D eigenvalue weighted by molar-refractivity contribution is 0.218. The van der Waals surface area contributed by atoms with E-state index in [1.807, 2.05) is 52.3 Å². The standard InChI is InChI=1S/C17H16N2O2/c20-17-18(10-13-6-2-1-3-7-13)11-14-12-21-16-9-5-4-8-15(16)19(14)17/h1-9,14H,10-12H2. The Morgan fingerprint density at radius 1 is 1.05 bits per heavy atom. The van der Waals surface area contributed by atoms with Gasteiger partial charge in [0, 0.05) is 13.1 Å². The van der Waals surface area contributed by atoms with Crippen LogP contribution in [0.2, 0.25) is 0 Å². The largest absolute Gasteiger partial charge is 0.489 e. The number of hydrogen-bond acceptors (Lipinski definition) is 2. The zero-order chi connectivity index (χ0) is 14.2. The normalized spacial score (nSPS) is 20.0. The average Bonchev–Trinajstić information content (AvgIpc) is 2.85. The number of nitrogens with zero attached hydrogens (tertiary/aromatic N) is 2. The maximum atomic E-state index is 12.7. The van der Waals surface area contributed by atoms with Crippen molar-refractivity contribution in [1.82, 2.24) is 4.90 Å². The van der Waals surface area contributed by atoms with Crippen molar-refractivity contribution in [3.05, 3.63) is 60.2 Å². The molecule has 106 valence electrons. The summed E-state index contributed by atoms with van der Waals surface area (Å²) < 4.78 is 5.76. The second-order valence-corrected chi connectivity index (χ2v) is 5.45. The number of hydrogen-bond donors (Lipinski definition) is 0. The summed E-state index contributed by atoms with van der Waals surface area (Å²) in [5.74, 6) is 0.795. The highest BCUT2D eigenvalue weighted by molar-refractivity contribution is 5.97. The SMILES string of the molecule is O=C1N(Cc2ccccc2)CC2COc3ccccc3N12. The fourth-order valence-corrected chi connectivity index (χ4v) is 3.05. The molecule has 21 heavy (non-hydrogen) atoms. The van der Waals surface area contributed by atoms with Crippen LogP contribution >= 0.6 is 0 Å². The molecule has 1 unspecified atom stereocenters. The lowest BCUT2D eigenvalue weighted by atomic mass is 10.2. The van der Waals surface area contributed by atoms with Crippen LogP contribution < -0.4 is 9.64 Å². The Balaban J connectivity index is 1.61. The first kappa shape index (κ1) is 12.3. The topological polar surface area (TPSA) is 32.8 Å². The molecule has 2 heterocycles. The van der Waals surface area contributed by atoms with Gasteiger partial charge >= 0.3 is 6.03 Å². The minimum Gasteiger partial charge on any atom is -0.489 e. The first-order valence-electron chi connectivity index (χ1n) is 7.17. The number of para-hydroxylation sites is 2. The van der Waals surface area contributed by atoms with Gasteiger partial charge in [-0.05, 0) is 17.7 Å². The molecule has 0 aromatic heterocycles. The van der Waals surface area contributed by atoms with Gasteiger partial charge in [0.15, 0.2) is 0 Å². The van der Waals surface area contributed by atoms with Crippen LogP contribution in [-0.4, -0.2) is 30.1 Å². The van der Waals surface area contributed by atoms with Crippen LogP contribution in [0.15, 0.2) is 54.6 Å². The Hall–Kier alpha value is -2.49. The molecule has 0 bridgehead atoms. The van der Waals surface area contributed by atoms with Crippen LogP contribution in [0.5, 0.6) is 5.75 Å². The van der Waals surface area contributed by atoms with Crippen LogP contribution in [-0.2, 0) is 6.54 Å². The Morgan fingerprint density at radius 3 is 2.67 bits per heavy atom. The van der Waals surface area contributed by atoms with Gasteiger partial charge in [0.2, 0.25) is 0 Å². The Labute approximate surface area is 123 Å². The lowest BCUT2D eigenvalue weighted by Crippen LogP contribution is -2.41. The molecule has 2 aliphatic rings. The van der Waals surface area contributed by atoms with Gasteiger partial charge in [-0.3, -0.25) is 4.90 Å². The molecule has 0 spiro atoms. The predicted molar refractivity (Wildman–Crippen MR) is 80.5 cm³/mol. The number of anilines is 1. The summed E-state index contributed by atoms with van der Waals surface area (Å²) in [6, 6.07) is 18.0. The third-order valence-electron chi connectivity index (χ3n) is 4.05. The lowest BCUT2D eigenvalue weighted by Gasteiger charge is -2.30. The zero-order valence-corrected chi connectivity index (χ0v) is 11.6. The van der Waals surface area contributed by atoms with Crippen LogP contribution in [0.4, 0.5) is 10.5 Å². The fraction of sp³-hybridized carbons (Fsp3) is 0.235. The molecular weight excluding hydrogens is 264 g/mol. The summed E-state index contributed by atoms with van der Waals surface area (Å²) in [6.45, 7) is 1.92. The van der Waals surface area contributed by atoms with E-state index in [1.54, 1.807) is 0 Å². The summed E-state index contributed by atoms with van der Waals surface area (Å²) in [4.78, 5) is 16.5. The second kappa shape index (κ2) is 4.81. The second-order valence-electron chi connectivity index (χ2n) is 5.45. The van der Waals surface area contributed by atoms with Gasteiger partial charge < -0.3 is 9.64 Å². The van der Waals surface area contributed by atoms with Crippen LogP contribution in [0.3, 0.4) is 0 Å². The highest BCUT2D eigenvalue weighted by Gasteiger charge is 2.42. The smallest absolute Gasteiger partial charge is 0.325 e. The van der Waals surface area contributed by atoms with Gasteiger partial charge in [0.25, 0.3) is 0 Å². The number of carbonyl (C=O) groups excluding carboxylic acids is 1. The van der Waals surface area contributed by atoms with Crippen LogP contribution in [0.25, 0.3) is 0 Å². The van der Waals surface area contributed by atoms with Gasteiger partial charge in [-0.15, -0.1) is 0 Å². The zero-order valence-electron chi connectivity index (χ0n) is 11.6. The van der Waals surface area contributed by atoms with E-state index < -0.39 is 0 Å². The summed E-state index contributed by atoms with van der Waals surface area (Å²) in [6.07, 6.45) is 0. The Bertz CT molecular complexity index is 672. The third-order valence-corrected chi connectivity index (χ3v) is 4.05. The van der Waals surface area contributed by atoms with E-state index in [9.17, 15) is 4.79 Å². The van der Waals surface area contributed by atoms with Gasteiger partial charge in [-0.1, -0.05) is 42.5 Å². The first-order chi connectivity index (χ1) is 10.3. The number of rotatable bonds is 2. The number of urea groups is 1. The molecule has 0 N–H and O–H groups in total. The molecule has 1 fully saturated rings. The van der Waals surface area contributed by atoms with E-state index in [1.165, 1.54) is 0 Å². The van der Waals surface area contributed by atoms with Crippen LogP contribution in [0, 0.1) is 0 Å². The average molecular weight is 280 g/mol. The van der Waals surface area contributed by atoms with Gasteiger partial charge in [0.1, 0.15) is 12.4 Å². The summed E-state index contributed by atoms with van der Waals surface area (Å²) in [7, 11) is 0. The van der Waals surface area contributed by atoms with Crippen molar-refractivity contribution in [2.75, 3.05) is 18.1 Å². The van der Waals surface area contributed by atoms with Crippen molar-refractivity contribution in [3.63, 3.8) is 0 Å². The van der Waals surface area contributed by atoms with E-state index in [-0.39, 0.29) is 12.1 Å². The number of amides is 2. The van der Waals surface area contributed by atoms with Crippen molar-refractivity contribution >= 4 is 11.7 Å². The molecular formula is C17H16N2O2. The number of ether oxygens (including phenoxy) is 1. The minimum absolute atomic E-state index is 0.0691. The quantitative estimate of drug-likeness (QED) is 0.847. The fourth-order valence-electron chi connectivity index (χ4n) is 3.05. The highest BCUT2D eigenvalue weighted by Crippen LogP contribution is 2.37. The predicted octanol–water partition coefficient (Wildman–Crippen LogP) is 2.89. The van der Waals surface area contributed by atoms with Crippen molar-refractivity contribution in [1.29, 1.82) is 0 Å². The van der Waals surface area contributed by atoms with Crippen LogP contribution in [0.1, 0.15) is 5.56 Å². The molecule has 2 aromatic carbocycles. The summed E-state index contributed by atoms with van der Waals surface area (Å²) >= 11 is 0. The monoisotopic (exact) mass is 280 g/mol. The van der Waals surface area contributed by atoms with Gasteiger partial charge in [-0.2, -0.15) is 0 Å². The summed E-state index contributed by atoms with van der Waals surface area (Å²) in [5, 5.41) is 0. The molecule has 2 aromatic rings. The Morgan fingerprint density at radius 2 is 1.81 bits per heavy atom. The maximum Gasteiger partial charge on any atom is 0.325 e. The molecule has 2 aliphatic heterocycles. The van der Waals surface area contributed by atoms with E-state index in [4.69, 9.17) is 4.74 Å². The molecule has 0 radical (unpaired) electrons. The molecule has 4 rings (SSSR count). The van der Waals surface area contributed by atoms with Crippen molar-refractivity contribution in [2.45, 2.75) is 12.6 Å². The number of benzene rings is 2.